The van der Waals surface area contributed by atoms with Crippen LogP contribution in [0.15, 0.2) is 134 Å². The Morgan fingerprint density at radius 2 is 0.493 bits per heavy atom. The van der Waals surface area contributed by atoms with Gasteiger partial charge in [-0.1, -0.05) is 238 Å². The van der Waals surface area contributed by atoms with E-state index < -0.39 is 6.10 Å². The maximum atomic E-state index is 12.8. The van der Waals surface area contributed by atoms with Crippen molar-refractivity contribution in [1.82, 2.24) is 0 Å². The molecular formula is C67H108O6. The second-order valence-corrected chi connectivity index (χ2v) is 19.1. The highest BCUT2D eigenvalue weighted by Crippen LogP contribution is 2.15. The Balaban J connectivity index is 4.33. The second kappa shape index (κ2) is 60.1. The minimum absolute atomic E-state index is 0.108. The van der Waals surface area contributed by atoms with E-state index in [2.05, 4.69) is 154 Å². The van der Waals surface area contributed by atoms with Crippen LogP contribution in [0.3, 0.4) is 0 Å². The van der Waals surface area contributed by atoms with Crippen molar-refractivity contribution in [2.45, 2.75) is 258 Å². The van der Waals surface area contributed by atoms with Crippen LogP contribution in [0, 0.1) is 0 Å². The molecule has 0 aromatic rings. The van der Waals surface area contributed by atoms with Crippen molar-refractivity contribution >= 4 is 17.9 Å². The van der Waals surface area contributed by atoms with E-state index in [0.29, 0.717) is 19.3 Å². The third-order valence-corrected chi connectivity index (χ3v) is 12.1. The summed E-state index contributed by atoms with van der Waals surface area (Å²) in [5, 5.41) is 0. The lowest BCUT2D eigenvalue weighted by atomic mass is 10.0. The molecular weight excluding hydrogens is 901 g/mol. The van der Waals surface area contributed by atoms with Crippen LogP contribution >= 0.6 is 0 Å². The molecule has 1 atom stereocenters. The number of rotatable bonds is 52. The van der Waals surface area contributed by atoms with E-state index in [1.807, 2.05) is 0 Å². The van der Waals surface area contributed by atoms with Crippen molar-refractivity contribution in [2.75, 3.05) is 13.2 Å². The van der Waals surface area contributed by atoms with Crippen molar-refractivity contribution in [3.8, 4) is 0 Å². The van der Waals surface area contributed by atoms with Crippen molar-refractivity contribution in [3.63, 3.8) is 0 Å². The molecule has 412 valence electrons. The van der Waals surface area contributed by atoms with Gasteiger partial charge < -0.3 is 14.2 Å². The maximum Gasteiger partial charge on any atom is 0.306 e. The zero-order chi connectivity index (χ0) is 52.9. The lowest BCUT2D eigenvalue weighted by molar-refractivity contribution is -0.167. The molecule has 0 aromatic heterocycles. The quantitative estimate of drug-likeness (QED) is 0.0261. The Morgan fingerprint density at radius 1 is 0.274 bits per heavy atom. The summed E-state index contributed by atoms with van der Waals surface area (Å²) in [6.07, 6.45) is 84.6. The van der Waals surface area contributed by atoms with E-state index in [1.54, 1.807) is 0 Å². The van der Waals surface area contributed by atoms with Crippen LogP contribution in [0.4, 0.5) is 0 Å². The van der Waals surface area contributed by atoms with Crippen LogP contribution in [0.5, 0.6) is 0 Å². The average molecular weight is 1010 g/mol. The zero-order valence-corrected chi connectivity index (χ0v) is 47.1. The van der Waals surface area contributed by atoms with Gasteiger partial charge >= 0.3 is 17.9 Å². The third-order valence-electron chi connectivity index (χ3n) is 12.1. The van der Waals surface area contributed by atoms with E-state index >= 15 is 0 Å². The van der Waals surface area contributed by atoms with Gasteiger partial charge in [-0.25, -0.2) is 0 Å². The number of unbranched alkanes of at least 4 members (excludes halogenated alkanes) is 19. The van der Waals surface area contributed by atoms with Gasteiger partial charge in [0.05, 0.1) is 0 Å². The fraction of sp³-hybridized carbons (Fsp3) is 0.627. The van der Waals surface area contributed by atoms with Crippen molar-refractivity contribution in [1.29, 1.82) is 0 Å². The van der Waals surface area contributed by atoms with Crippen LogP contribution in [0.2, 0.25) is 0 Å². The first-order valence-electron chi connectivity index (χ1n) is 29.7. The van der Waals surface area contributed by atoms with Crippen LogP contribution in [-0.4, -0.2) is 37.2 Å². The first kappa shape index (κ1) is 68.6. The van der Waals surface area contributed by atoms with Gasteiger partial charge in [0.2, 0.25) is 0 Å². The Bertz CT molecular complexity index is 1580. The van der Waals surface area contributed by atoms with E-state index in [0.717, 1.165) is 128 Å². The molecule has 0 spiro atoms. The fourth-order valence-electron chi connectivity index (χ4n) is 7.79. The van der Waals surface area contributed by atoms with Gasteiger partial charge in [-0.15, -0.1) is 0 Å². The van der Waals surface area contributed by atoms with Gasteiger partial charge in [0.1, 0.15) is 13.2 Å². The molecule has 0 saturated carbocycles. The van der Waals surface area contributed by atoms with Crippen molar-refractivity contribution in [3.05, 3.63) is 134 Å². The van der Waals surface area contributed by atoms with Crippen LogP contribution < -0.4 is 0 Å². The van der Waals surface area contributed by atoms with Gasteiger partial charge in [0.25, 0.3) is 0 Å². The highest BCUT2D eigenvalue weighted by Gasteiger charge is 2.19. The average Bonchev–Trinajstić information content (AvgIpc) is 3.39. The molecule has 6 heteroatoms. The molecule has 0 aromatic carbocycles. The molecule has 6 nitrogen and oxygen atoms in total. The fourth-order valence-corrected chi connectivity index (χ4v) is 7.79. The highest BCUT2D eigenvalue weighted by molar-refractivity contribution is 5.71. The number of ether oxygens (including phenoxy) is 3. The van der Waals surface area contributed by atoms with Gasteiger partial charge in [0.15, 0.2) is 6.10 Å². The standard InChI is InChI=1S/C67H108O6/c1-4-7-10-13-16-19-22-25-27-28-29-30-31-32-33-34-35-36-37-38-40-42-45-48-51-54-57-60-66(69)72-63-64(62-71-65(68)59-56-53-50-47-44-41-24-21-18-15-12-9-6-3)73-67(70)61-58-55-52-49-46-43-39-26-23-20-17-14-11-8-5-2/h7-12,16-21,25-27,29-30,39,41,44,46,49,64H,4-6,13-15,22-24,28,31-38,40,42-43,45,47-48,50-63H2,1-3H3/b10-7-,11-8-,12-9-,19-16-,20-17-,21-18-,27-25-,30-29-,39-26-,44-41-,49-46-. The summed E-state index contributed by atoms with van der Waals surface area (Å²) in [5.41, 5.74) is 0. The molecule has 0 fully saturated rings. The predicted molar refractivity (Wildman–Crippen MR) is 316 cm³/mol. The van der Waals surface area contributed by atoms with Crippen molar-refractivity contribution < 1.29 is 28.6 Å². The molecule has 73 heavy (non-hydrogen) atoms. The summed E-state index contributed by atoms with van der Waals surface area (Å²) in [6.45, 7) is 6.23. The number of allylic oxidation sites excluding steroid dienone is 22. The van der Waals surface area contributed by atoms with E-state index in [4.69, 9.17) is 14.2 Å². The number of carbonyl (C=O) groups is 3. The molecule has 0 aliphatic heterocycles. The summed E-state index contributed by atoms with van der Waals surface area (Å²) in [5.74, 6) is -0.984. The second-order valence-electron chi connectivity index (χ2n) is 19.1. The number of esters is 3. The summed E-state index contributed by atoms with van der Waals surface area (Å²) >= 11 is 0. The SMILES string of the molecule is CC/C=C\C/C=C\C/C=C\C/C=C\CCCCCCCCCCCCCCCCC(=O)OCC(COC(=O)CCCCC/C=C\C/C=C\C/C=C\CC)OC(=O)CCCC/C=C\C/C=C\C/C=C\C/C=C\CC. The normalized spacial score (nSPS) is 13.1. The molecule has 0 N–H and O–H groups in total. The molecule has 0 aliphatic carbocycles. The molecule has 0 amide bonds. The van der Waals surface area contributed by atoms with Gasteiger partial charge in [0, 0.05) is 19.3 Å². The Hall–Kier alpha value is -4.45. The molecule has 0 radical (unpaired) electrons. The predicted octanol–water partition coefficient (Wildman–Crippen LogP) is 20.2. The first-order chi connectivity index (χ1) is 36.0. The summed E-state index contributed by atoms with van der Waals surface area (Å²) in [4.78, 5) is 38.1. The Morgan fingerprint density at radius 3 is 0.808 bits per heavy atom. The Kier molecular flexibility index (Phi) is 56.4. The zero-order valence-electron chi connectivity index (χ0n) is 47.1. The molecule has 0 rings (SSSR count). The molecule has 0 saturated heterocycles. The largest absolute Gasteiger partial charge is 0.462 e. The van der Waals surface area contributed by atoms with Crippen LogP contribution in [0.1, 0.15) is 252 Å². The lowest BCUT2D eigenvalue weighted by Gasteiger charge is -2.18. The molecule has 0 aliphatic rings. The minimum Gasteiger partial charge on any atom is -0.462 e. The third kappa shape index (κ3) is 58.3. The topological polar surface area (TPSA) is 78.9 Å². The van der Waals surface area contributed by atoms with E-state index in [-0.39, 0.29) is 37.5 Å². The smallest absolute Gasteiger partial charge is 0.306 e. The molecule has 0 bridgehead atoms. The van der Waals surface area contributed by atoms with Crippen LogP contribution in [-0.2, 0) is 28.6 Å². The van der Waals surface area contributed by atoms with Crippen molar-refractivity contribution in [2.24, 2.45) is 0 Å². The van der Waals surface area contributed by atoms with E-state index in [9.17, 15) is 14.4 Å². The van der Waals surface area contributed by atoms with Gasteiger partial charge in [-0.05, 0) is 128 Å². The number of hydrogen-bond donors (Lipinski definition) is 0. The first-order valence-corrected chi connectivity index (χ1v) is 29.7. The summed E-state index contributed by atoms with van der Waals surface area (Å²) in [6, 6.07) is 0. The number of carbonyl (C=O) groups excluding carboxylic acids is 3. The lowest BCUT2D eigenvalue weighted by Crippen LogP contribution is -2.30. The summed E-state index contributed by atoms with van der Waals surface area (Å²) < 4.78 is 16.8. The van der Waals surface area contributed by atoms with E-state index in [1.165, 1.54) is 77.0 Å². The number of hydrogen-bond acceptors (Lipinski definition) is 6. The van der Waals surface area contributed by atoms with Crippen LogP contribution in [0.25, 0.3) is 0 Å². The molecule has 1 unspecified atom stereocenters. The highest BCUT2D eigenvalue weighted by atomic mass is 16.6. The Labute approximate surface area is 449 Å². The molecule has 0 heterocycles. The monoisotopic (exact) mass is 1010 g/mol. The minimum atomic E-state index is -0.816. The van der Waals surface area contributed by atoms with Gasteiger partial charge in [-0.2, -0.15) is 0 Å². The maximum absolute atomic E-state index is 12.8. The summed E-state index contributed by atoms with van der Waals surface area (Å²) in [7, 11) is 0. The van der Waals surface area contributed by atoms with Gasteiger partial charge in [-0.3, -0.25) is 14.4 Å².